The van der Waals surface area contributed by atoms with Crippen molar-refractivity contribution in [3.63, 3.8) is 0 Å². The van der Waals surface area contributed by atoms with Crippen LogP contribution in [0.4, 0.5) is 13.2 Å². The zero-order valence-electron chi connectivity index (χ0n) is 10.3. The predicted octanol–water partition coefficient (Wildman–Crippen LogP) is 4.66. The molecule has 6 heteroatoms. The molecule has 2 rings (SSSR count). The van der Waals surface area contributed by atoms with Crippen LogP contribution in [-0.4, -0.2) is 11.3 Å². The number of ether oxygens (including phenoxy) is 1. The maximum Gasteiger partial charge on any atom is 0.573 e. The Hall–Kier alpha value is -1.49. The van der Waals surface area contributed by atoms with Crippen molar-refractivity contribution in [3.8, 4) is 5.75 Å². The van der Waals surface area contributed by atoms with Gasteiger partial charge in [0.15, 0.2) is 5.75 Å². The van der Waals surface area contributed by atoms with Crippen molar-refractivity contribution in [1.82, 2.24) is 4.98 Å². The van der Waals surface area contributed by atoms with E-state index in [4.69, 9.17) is 11.6 Å². The number of rotatable bonds is 2. The van der Waals surface area contributed by atoms with Gasteiger partial charge >= 0.3 is 6.36 Å². The highest BCUT2D eigenvalue weighted by Crippen LogP contribution is 2.35. The summed E-state index contributed by atoms with van der Waals surface area (Å²) in [5.41, 5.74) is 1.57. The lowest BCUT2D eigenvalue weighted by atomic mass is 10.1. The van der Waals surface area contributed by atoms with E-state index in [1.54, 1.807) is 13.0 Å². The van der Waals surface area contributed by atoms with Gasteiger partial charge < -0.3 is 4.74 Å². The molecule has 1 aromatic carbocycles. The number of fused-ring (bicyclic) bond motifs is 1. The first-order chi connectivity index (χ1) is 8.83. The molecule has 0 unspecified atom stereocenters. The summed E-state index contributed by atoms with van der Waals surface area (Å²) in [5, 5.41) is 0.892. The fourth-order valence-electron chi connectivity index (χ4n) is 1.99. The van der Waals surface area contributed by atoms with Crippen LogP contribution in [-0.2, 0) is 6.42 Å². The van der Waals surface area contributed by atoms with Crippen LogP contribution in [0.15, 0.2) is 18.2 Å². The molecular weight excluding hydrogens is 279 g/mol. The Bertz CT molecular complexity index is 625. The number of para-hydroxylation sites is 1. The Morgan fingerprint density at radius 1 is 1.32 bits per heavy atom. The summed E-state index contributed by atoms with van der Waals surface area (Å²) >= 11 is 6.21. The minimum Gasteiger partial charge on any atom is -0.403 e. The molecule has 0 amide bonds. The van der Waals surface area contributed by atoms with Crippen LogP contribution < -0.4 is 4.74 Å². The molecule has 1 heterocycles. The van der Waals surface area contributed by atoms with Gasteiger partial charge in [-0.2, -0.15) is 0 Å². The smallest absolute Gasteiger partial charge is 0.403 e. The van der Waals surface area contributed by atoms with Crippen molar-refractivity contribution in [1.29, 1.82) is 0 Å². The van der Waals surface area contributed by atoms with E-state index in [2.05, 4.69) is 9.72 Å². The standard InChI is InChI=1S/C13H11ClF3NO/c1-3-8-7(2)18-12-9(11(8)14)5-4-6-10(12)19-13(15,16)17/h4-6H,3H2,1-2H3. The molecule has 0 saturated heterocycles. The van der Waals surface area contributed by atoms with Crippen LogP contribution in [0.5, 0.6) is 5.75 Å². The minimum absolute atomic E-state index is 0.125. The predicted molar refractivity (Wildman–Crippen MR) is 67.6 cm³/mol. The summed E-state index contributed by atoms with van der Waals surface area (Å²) in [6, 6.07) is 4.32. The van der Waals surface area contributed by atoms with Gasteiger partial charge in [0.2, 0.25) is 0 Å². The molecule has 0 bridgehead atoms. The lowest BCUT2D eigenvalue weighted by Gasteiger charge is -2.14. The third kappa shape index (κ3) is 2.76. The number of halogens is 4. The van der Waals surface area contributed by atoms with Crippen LogP contribution in [0, 0.1) is 6.92 Å². The highest BCUT2D eigenvalue weighted by molar-refractivity contribution is 6.36. The molecule has 0 fully saturated rings. The van der Waals surface area contributed by atoms with Gasteiger partial charge in [0.1, 0.15) is 5.52 Å². The molecule has 0 spiro atoms. The molecule has 19 heavy (non-hydrogen) atoms. The molecule has 1 aromatic heterocycles. The van der Waals surface area contributed by atoms with Crippen molar-refractivity contribution in [2.24, 2.45) is 0 Å². The second-order valence-corrected chi connectivity index (χ2v) is 4.42. The van der Waals surface area contributed by atoms with Crippen molar-refractivity contribution < 1.29 is 17.9 Å². The van der Waals surface area contributed by atoms with E-state index in [1.165, 1.54) is 12.1 Å². The van der Waals surface area contributed by atoms with E-state index in [1.807, 2.05) is 6.92 Å². The molecule has 0 aliphatic rings. The summed E-state index contributed by atoms with van der Waals surface area (Å²) in [4.78, 5) is 4.18. The highest BCUT2D eigenvalue weighted by atomic mass is 35.5. The molecule has 2 nitrogen and oxygen atoms in total. The lowest BCUT2D eigenvalue weighted by Crippen LogP contribution is -2.17. The van der Waals surface area contributed by atoms with Gasteiger partial charge in [-0.15, -0.1) is 13.2 Å². The highest BCUT2D eigenvalue weighted by Gasteiger charge is 2.32. The van der Waals surface area contributed by atoms with Crippen LogP contribution in [0.25, 0.3) is 10.9 Å². The average Bonchev–Trinajstić information content (AvgIpc) is 2.29. The molecule has 0 saturated carbocycles. The van der Waals surface area contributed by atoms with E-state index in [9.17, 15) is 13.2 Å². The maximum atomic E-state index is 12.3. The lowest BCUT2D eigenvalue weighted by molar-refractivity contribution is -0.274. The topological polar surface area (TPSA) is 22.1 Å². The number of alkyl halides is 3. The van der Waals surface area contributed by atoms with Gasteiger partial charge in [-0.05, 0) is 25.0 Å². The third-order valence-corrected chi connectivity index (χ3v) is 3.23. The van der Waals surface area contributed by atoms with Gasteiger partial charge in [0, 0.05) is 11.1 Å². The third-order valence-electron chi connectivity index (χ3n) is 2.80. The summed E-state index contributed by atoms with van der Waals surface area (Å²) in [6.07, 6.45) is -4.09. The second kappa shape index (κ2) is 4.89. The SMILES string of the molecule is CCc1c(C)nc2c(OC(F)(F)F)cccc2c1Cl. The summed E-state index contributed by atoms with van der Waals surface area (Å²) in [6.45, 7) is 3.63. The fraction of sp³-hybridized carbons (Fsp3) is 0.308. The molecule has 0 aliphatic carbocycles. The Labute approximate surface area is 113 Å². The van der Waals surface area contributed by atoms with Crippen LogP contribution in [0.1, 0.15) is 18.2 Å². The largest absolute Gasteiger partial charge is 0.573 e. The van der Waals surface area contributed by atoms with Crippen molar-refractivity contribution >= 4 is 22.5 Å². The van der Waals surface area contributed by atoms with Gasteiger partial charge in [-0.1, -0.05) is 30.7 Å². The van der Waals surface area contributed by atoms with E-state index in [0.29, 0.717) is 22.5 Å². The normalized spacial score (nSPS) is 11.9. The summed E-state index contributed by atoms with van der Waals surface area (Å²) in [5.74, 6) is -0.336. The fourth-order valence-corrected chi connectivity index (χ4v) is 2.41. The Morgan fingerprint density at radius 2 is 2.00 bits per heavy atom. The number of aryl methyl sites for hydroxylation is 1. The molecule has 0 N–H and O–H groups in total. The molecule has 102 valence electrons. The van der Waals surface area contributed by atoms with Crippen molar-refractivity contribution in [3.05, 3.63) is 34.5 Å². The van der Waals surface area contributed by atoms with Crippen molar-refractivity contribution in [2.45, 2.75) is 26.6 Å². The molecule has 2 aromatic rings. The quantitative estimate of drug-likeness (QED) is 0.802. The Morgan fingerprint density at radius 3 is 2.58 bits per heavy atom. The van der Waals surface area contributed by atoms with E-state index in [0.717, 1.165) is 5.56 Å². The molecule has 0 atom stereocenters. The van der Waals surface area contributed by atoms with Crippen LogP contribution in [0.3, 0.4) is 0 Å². The van der Waals surface area contributed by atoms with Gasteiger partial charge in [-0.3, -0.25) is 0 Å². The molecular formula is C13H11ClF3NO. The van der Waals surface area contributed by atoms with E-state index >= 15 is 0 Å². The number of pyridine rings is 1. The van der Waals surface area contributed by atoms with Gasteiger partial charge in [0.05, 0.1) is 5.02 Å². The first-order valence-corrected chi connectivity index (χ1v) is 6.04. The van der Waals surface area contributed by atoms with E-state index in [-0.39, 0.29) is 11.3 Å². The first kappa shape index (κ1) is 13.9. The first-order valence-electron chi connectivity index (χ1n) is 5.67. The molecule has 0 radical (unpaired) electrons. The number of hydrogen-bond acceptors (Lipinski definition) is 2. The zero-order valence-corrected chi connectivity index (χ0v) is 11.1. The zero-order chi connectivity index (χ0) is 14.2. The Balaban J connectivity index is 2.70. The van der Waals surface area contributed by atoms with Gasteiger partial charge in [0.25, 0.3) is 0 Å². The number of benzene rings is 1. The second-order valence-electron chi connectivity index (χ2n) is 4.04. The summed E-state index contributed by atoms with van der Waals surface area (Å²) in [7, 11) is 0. The van der Waals surface area contributed by atoms with Gasteiger partial charge in [-0.25, -0.2) is 4.98 Å². The number of hydrogen-bond donors (Lipinski definition) is 0. The minimum atomic E-state index is -4.75. The van der Waals surface area contributed by atoms with E-state index < -0.39 is 6.36 Å². The van der Waals surface area contributed by atoms with Crippen LogP contribution >= 0.6 is 11.6 Å². The van der Waals surface area contributed by atoms with Crippen molar-refractivity contribution in [2.75, 3.05) is 0 Å². The van der Waals surface area contributed by atoms with Crippen LogP contribution in [0.2, 0.25) is 5.02 Å². The average molecular weight is 290 g/mol. The Kier molecular flexibility index (Phi) is 3.58. The summed E-state index contributed by atoms with van der Waals surface area (Å²) < 4.78 is 41.0. The maximum absolute atomic E-state index is 12.3. The molecule has 0 aliphatic heterocycles. The monoisotopic (exact) mass is 289 g/mol. The number of aromatic nitrogens is 1. The number of nitrogens with zero attached hydrogens (tertiary/aromatic N) is 1.